The van der Waals surface area contributed by atoms with Crippen molar-refractivity contribution in [2.45, 2.75) is 19.1 Å². The first-order valence-electron chi connectivity index (χ1n) is 6.94. The Morgan fingerprint density at radius 2 is 1.92 bits per heavy atom. The zero-order valence-corrected chi connectivity index (χ0v) is 12.4. The summed E-state index contributed by atoms with van der Waals surface area (Å²) in [7, 11) is 0. The first kappa shape index (κ1) is 17.6. The molecule has 0 atom stereocenters. The number of furan rings is 1. The van der Waals surface area contributed by atoms with E-state index in [1.165, 1.54) is 42.7 Å². The van der Waals surface area contributed by atoms with E-state index in [1.54, 1.807) is 0 Å². The summed E-state index contributed by atoms with van der Waals surface area (Å²) < 4.78 is 43.1. The molecule has 1 N–H and O–H groups in total. The number of amides is 1. The third-order valence-corrected chi connectivity index (χ3v) is 3.18. The van der Waals surface area contributed by atoms with Gasteiger partial charge in [0.1, 0.15) is 12.3 Å². The lowest BCUT2D eigenvalue weighted by Crippen LogP contribution is -2.39. The van der Waals surface area contributed by atoms with Crippen LogP contribution in [0.4, 0.5) is 13.2 Å². The van der Waals surface area contributed by atoms with Gasteiger partial charge in [-0.2, -0.15) is 13.2 Å². The molecular weight excluding hydrogens is 327 g/mol. The highest BCUT2D eigenvalue weighted by Crippen LogP contribution is 2.19. The van der Waals surface area contributed by atoms with Gasteiger partial charge < -0.3 is 14.4 Å². The van der Waals surface area contributed by atoms with Crippen molar-refractivity contribution >= 4 is 11.9 Å². The van der Waals surface area contributed by atoms with Crippen LogP contribution in [0.25, 0.3) is 0 Å². The minimum Gasteiger partial charge on any atom is -0.478 e. The van der Waals surface area contributed by atoms with Crippen LogP contribution in [-0.2, 0) is 17.8 Å². The number of carboxylic acid groups (broad SMARTS) is 1. The SMILES string of the molecule is O=C(O)c1cccc(CC(=O)N(Cc2ccco2)CC(F)(F)F)c1. The van der Waals surface area contributed by atoms with E-state index in [4.69, 9.17) is 9.52 Å². The van der Waals surface area contributed by atoms with Gasteiger partial charge in [-0.25, -0.2) is 4.79 Å². The second kappa shape index (κ2) is 7.20. The second-order valence-electron chi connectivity index (χ2n) is 5.13. The van der Waals surface area contributed by atoms with Crippen molar-refractivity contribution in [3.63, 3.8) is 0 Å². The summed E-state index contributed by atoms with van der Waals surface area (Å²) in [5.41, 5.74) is 0.292. The average molecular weight is 341 g/mol. The Morgan fingerprint density at radius 1 is 1.17 bits per heavy atom. The largest absolute Gasteiger partial charge is 0.478 e. The molecule has 0 aliphatic carbocycles. The highest BCUT2D eigenvalue weighted by atomic mass is 19.4. The lowest BCUT2D eigenvalue weighted by atomic mass is 10.1. The smallest absolute Gasteiger partial charge is 0.406 e. The van der Waals surface area contributed by atoms with E-state index in [2.05, 4.69) is 0 Å². The Kier molecular flexibility index (Phi) is 5.28. The van der Waals surface area contributed by atoms with Crippen molar-refractivity contribution in [1.82, 2.24) is 4.90 Å². The monoisotopic (exact) mass is 341 g/mol. The Bertz CT molecular complexity index is 710. The summed E-state index contributed by atoms with van der Waals surface area (Å²) in [5, 5.41) is 8.92. The maximum absolute atomic E-state index is 12.7. The second-order valence-corrected chi connectivity index (χ2v) is 5.13. The third-order valence-electron chi connectivity index (χ3n) is 3.18. The highest BCUT2D eigenvalue weighted by Gasteiger charge is 2.33. The van der Waals surface area contributed by atoms with Crippen LogP contribution in [0, 0.1) is 0 Å². The number of carboxylic acids is 1. The number of nitrogens with zero attached hydrogens (tertiary/aromatic N) is 1. The molecule has 0 aliphatic rings. The molecule has 0 bridgehead atoms. The third kappa shape index (κ3) is 5.15. The minimum absolute atomic E-state index is 0.0336. The summed E-state index contributed by atoms with van der Waals surface area (Å²) in [6.07, 6.45) is -3.58. The Labute approximate surface area is 135 Å². The fraction of sp³-hybridized carbons (Fsp3) is 0.250. The molecule has 1 aromatic heterocycles. The van der Waals surface area contributed by atoms with Crippen molar-refractivity contribution < 1.29 is 32.3 Å². The number of aromatic carboxylic acids is 1. The fourth-order valence-electron chi connectivity index (χ4n) is 2.14. The van der Waals surface area contributed by atoms with E-state index in [0.717, 1.165) is 0 Å². The molecule has 128 valence electrons. The van der Waals surface area contributed by atoms with Gasteiger partial charge in [0.2, 0.25) is 5.91 Å². The summed E-state index contributed by atoms with van der Waals surface area (Å²) in [6, 6.07) is 8.52. The van der Waals surface area contributed by atoms with Crippen LogP contribution < -0.4 is 0 Å². The van der Waals surface area contributed by atoms with E-state index < -0.39 is 24.6 Å². The van der Waals surface area contributed by atoms with Crippen molar-refractivity contribution in [3.05, 3.63) is 59.5 Å². The van der Waals surface area contributed by atoms with E-state index >= 15 is 0 Å². The van der Waals surface area contributed by atoms with Crippen LogP contribution in [0.2, 0.25) is 0 Å². The molecule has 0 saturated carbocycles. The standard InChI is InChI=1S/C16H14F3NO4/c17-16(18,19)10-20(9-13-5-2-6-24-13)14(21)8-11-3-1-4-12(7-11)15(22)23/h1-7H,8-10H2,(H,22,23). The maximum Gasteiger partial charge on any atom is 0.406 e. The first-order chi connectivity index (χ1) is 11.2. The van der Waals surface area contributed by atoms with E-state index in [0.29, 0.717) is 10.5 Å². The van der Waals surface area contributed by atoms with Gasteiger partial charge in [0.15, 0.2) is 0 Å². The molecule has 0 aliphatic heterocycles. The highest BCUT2D eigenvalue weighted by molar-refractivity contribution is 5.88. The van der Waals surface area contributed by atoms with Crippen molar-refractivity contribution in [3.8, 4) is 0 Å². The van der Waals surface area contributed by atoms with Gasteiger partial charge in [-0.3, -0.25) is 4.79 Å². The zero-order chi connectivity index (χ0) is 17.7. The molecule has 1 aromatic carbocycles. The number of rotatable bonds is 6. The molecule has 1 heterocycles. The number of hydrogen-bond acceptors (Lipinski definition) is 3. The molecule has 8 heteroatoms. The van der Waals surface area contributed by atoms with E-state index in [-0.39, 0.29) is 24.3 Å². The number of benzene rings is 1. The van der Waals surface area contributed by atoms with Crippen LogP contribution >= 0.6 is 0 Å². The Balaban J connectivity index is 2.14. The Morgan fingerprint density at radius 3 is 2.50 bits per heavy atom. The molecule has 0 saturated heterocycles. The number of alkyl halides is 3. The fourth-order valence-corrected chi connectivity index (χ4v) is 2.14. The molecule has 24 heavy (non-hydrogen) atoms. The van der Waals surface area contributed by atoms with Gasteiger partial charge in [-0.15, -0.1) is 0 Å². The van der Waals surface area contributed by atoms with Crippen LogP contribution in [0.5, 0.6) is 0 Å². The number of carbonyl (C=O) groups excluding carboxylic acids is 1. The summed E-state index contributed by atoms with van der Waals surface area (Å²) >= 11 is 0. The number of halogens is 3. The van der Waals surface area contributed by atoms with Crippen molar-refractivity contribution in [2.75, 3.05) is 6.54 Å². The van der Waals surface area contributed by atoms with Gasteiger partial charge in [0.25, 0.3) is 0 Å². The molecule has 0 fully saturated rings. The quantitative estimate of drug-likeness (QED) is 0.876. The summed E-state index contributed by atoms with van der Waals surface area (Å²) in [4.78, 5) is 23.8. The maximum atomic E-state index is 12.7. The lowest BCUT2D eigenvalue weighted by Gasteiger charge is -2.23. The van der Waals surface area contributed by atoms with Crippen LogP contribution in [0.15, 0.2) is 47.1 Å². The average Bonchev–Trinajstić information content (AvgIpc) is 2.98. The lowest BCUT2D eigenvalue weighted by molar-refractivity contribution is -0.162. The van der Waals surface area contributed by atoms with E-state index in [9.17, 15) is 22.8 Å². The van der Waals surface area contributed by atoms with Crippen LogP contribution in [-0.4, -0.2) is 34.6 Å². The number of carbonyl (C=O) groups is 2. The van der Waals surface area contributed by atoms with Crippen molar-refractivity contribution in [2.24, 2.45) is 0 Å². The molecular formula is C16H14F3NO4. The van der Waals surface area contributed by atoms with Gasteiger partial charge in [-0.05, 0) is 29.8 Å². The Hall–Kier alpha value is -2.77. The molecule has 0 unspecified atom stereocenters. The van der Waals surface area contributed by atoms with Gasteiger partial charge >= 0.3 is 12.1 Å². The molecule has 5 nitrogen and oxygen atoms in total. The van der Waals surface area contributed by atoms with Crippen LogP contribution in [0.3, 0.4) is 0 Å². The summed E-state index contributed by atoms with van der Waals surface area (Å²) in [6.45, 7) is -1.73. The summed E-state index contributed by atoms with van der Waals surface area (Å²) in [5.74, 6) is -1.72. The van der Waals surface area contributed by atoms with E-state index in [1.807, 2.05) is 0 Å². The van der Waals surface area contributed by atoms with Gasteiger partial charge in [0, 0.05) is 0 Å². The topological polar surface area (TPSA) is 70.8 Å². The predicted octanol–water partition coefficient (Wildman–Crippen LogP) is 3.11. The normalized spacial score (nSPS) is 11.3. The number of hydrogen-bond donors (Lipinski definition) is 1. The van der Waals surface area contributed by atoms with Crippen molar-refractivity contribution in [1.29, 1.82) is 0 Å². The molecule has 0 radical (unpaired) electrons. The van der Waals surface area contributed by atoms with Crippen LogP contribution in [0.1, 0.15) is 21.7 Å². The predicted molar refractivity (Wildman–Crippen MR) is 77.3 cm³/mol. The molecule has 2 rings (SSSR count). The molecule has 1 amide bonds. The van der Waals surface area contributed by atoms with Gasteiger partial charge in [-0.1, -0.05) is 12.1 Å². The van der Waals surface area contributed by atoms with Gasteiger partial charge in [0.05, 0.1) is 24.8 Å². The molecule has 2 aromatic rings. The first-order valence-corrected chi connectivity index (χ1v) is 6.94. The zero-order valence-electron chi connectivity index (χ0n) is 12.4. The minimum atomic E-state index is -4.55. The molecule has 0 spiro atoms.